The quantitative estimate of drug-likeness (QED) is 0.897. The largest absolute Gasteiger partial charge is 0.393 e. The summed E-state index contributed by atoms with van der Waals surface area (Å²) >= 11 is 0. The van der Waals surface area contributed by atoms with Crippen LogP contribution in [0.3, 0.4) is 0 Å². The van der Waals surface area contributed by atoms with Gasteiger partial charge in [-0.2, -0.15) is 0 Å². The van der Waals surface area contributed by atoms with E-state index in [1.807, 2.05) is 0 Å². The highest BCUT2D eigenvalue weighted by molar-refractivity contribution is 5.19. The standard InChI is InChI=1S/C14H18F2O2/c15-11-4-5-14(16)10(7-11)8-12(17)9-13-3-1-2-6-18-13/h4-5,7,12-13,17H,1-3,6,8-9H2. The monoisotopic (exact) mass is 256 g/mol. The zero-order valence-corrected chi connectivity index (χ0v) is 10.2. The van der Waals surface area contributed by atoms with Crippen LogP contribution in [0.15, 0.2) is 18.2 Å². The first kappa shape index (κ1) is 13.4. The molecule has 1 aromatic carbocycles. The van der Waals surface area contributed by atoms with Gasteiger partial charge in [-0.3, -0.25) is 0 Å². The highest BCUT2D eigenvalue weighted by atomic mass is 19.1. The molecule has 1 fully saturated rings. The van der Waals surface area contributed by atoms with Crippen LogP contribution in [0.2, 0.25) is 0 Å². The van der Waals surface area contributed by atoms with E-state index in [1.165, 1.54) is 0 Å². The molecule has 4 heteroatoms. The molecule has 0 spiro atoms. The van der Waals surface area contributed by atoms with Crippen molar-refractivity contribution in [2.45, 2.75) is 44.3 Å². The van der Waals surface area contributed by atoms with Crippen molar-refractivity contribution in [2.24, 2.45) is 0 Å². The Morgan fingerprint density at radius 1 is 1.33 bits per heavy atom. The first-order valence-corrected chi connectivity index (χ1v) is 6.39. The van der Waals surface area contributed by atoms with E-state index in [4.69, 9.17) is 4.74 Å². The summed E-state index contributed by atoms with van der Waals surface area (Å²) < 4.78 is 31.9. The molecule has 1 aromatic rings. The van der Waals surface area contributed by atoms with Gasteiger partial charge in [0.05, 0.1) is 12.2 Å². The van der Waals surface area contributed by atoms with Crippen molar-refractivity contribution in [3.63, 3.8) is 0 Å². The van der Waals surface area contributed by atoms with E-state index >= 15 is 0 Å². The van der Waals surface area contributed by atoms with Gasteiger partial charge >= 0.3 is 0 Å². The topological polar surface area (TPSA) is 29.5 Å². The van der Waals surface area contributed by atoms with Crippen LogP contribution in [0.25, 0.3) is 0 Å². The van der Waals surface area contributed by atoms with Gasteiger partial charge in [-0.15, -0.1) is 0 Å². The summed E-state index contributed by atoms with van der Waals surface area (Å²) in [5.74, 6) is -0.951. The molecule has 0 radical (unpaired) electrons. The maximum atomic E-state index is 13.4. The molecule has 1 aliphatic heterocycles. The Bertz CT molecular complexity index is 389. The molecule has 2 unspecified atom stereocenters. The summed E-state index contributed by atoms with van der Waals surface area (Å²) in [4.78, 5) is 0. The van der Waals surface area contributed by atoms with E-state index < -0.39 is 17.7 Å². The van der Waals surface area contributed by atoms with Gasteiger partial charge < -0.3 is 9.84 Å². The molecule has 0 saturated carbocycles. The van der Waals surface area contributed by atoms with Crippen LogP contribution in [0.4, 0.5) is 8.78 Å². The SMILES string of the molecule is OC(Cc1cc(F)ccc1F)CC1CCCCO1. The lowest BCUT2D eigenvalue weighted by molar-refractivity contribution is -0.0149. The molecule has 0 bridgehead atoms. The molecule has 0 amide bonds. The van der Waals surface area contributed by atoms with Gasteiger partial charge in [-0.25, -0.2) is 8.78 Å². The predicted molar refractivity (Wildman–Crippen MR) is 64.3 cm³/mol. The third-order valence-electron chi connectivity index (χ3n) is 3.27. The molecule has 100 valence electrons. The second-order valence-corrected chi connectivity index (χ2v) is 4.82. The average molecular weight is 256 g/mol. The van der Waals surface area contributed by atoms with Crippen LogP contribution < -0.4 is 0 Å². The number of benzene rings is 1. The highest BCUT2D eigenvalue weighted by Gasteiger charge is 2.19. The van der Waals surface area contributed by atoms with E-state index in [9.17, 15) is 13.9 Å². The molecule has 0 aliphatic carbocycles. The molecule has 2 rings (SSSR count). The van der Waals surface area contributed by atoms with Crippen LogP contribution in [-0.2, 0) is 11.2 Å². The lowest BCUT2D eigenvalue weighted by Gasteiger charge is -2.24. The Balaban J connectivity index is 1.89. The maximum Gasteiger partial charge on any atom is 0.126 e. The minimum atomic E-state index is -0.690. The maximum absolute atomic E-state index is 13.4. The van der Waals surface area contributed by atoms with Crippen LogP contribution in [0.1, 0.15) is 31.2 Å². The van der Waals surface area contributed by atoms with Crippen LogP contribution in [-0.4, -0.2) is 23.9 Å². The van der Waals surface area contributed by atoms with E-state index in [1.54, 1.807) is 0 Å². The lowest BCUT2D eigenvalue weighted by atomic mass is 9.98. The Labute approximate surface area is 106 Å². The number of ether oxygens (including phenoxy) is 1. The highest BCUT2D eigenvalue weighted by Crippen LogP contribution is 2.20. The first-order chi connectivity index (χ1) is 8.65. The average Bonchev–Trinajstić information content (AvgIpc) is 2.35. The fraction of sp³-hybridized carbons (Fsp3) is 0.571. The van der Waals surface area contributed by atoms with Gasteiger partial charge in [-0.05, 0) is 49.4 Å². The number of halogens is 2. The molecule has 1 saturated heterocycles. The fourth-order valence-corrected chi connectivity index (χ4v) is 2.33. The van der Waals surface area contributed by atoms with Gasteiger partial charge in [0.1, 0.15) is 11.6 Å². The zero-order valence-electron chi connectivity index (χ0n) is 10.2. The van der Waals surface area contributed by atoms with E-state index in [2.05, 4.69) is 0 Å². The normalized spacial score (nSPS) is 21.8. The second kappa shape index (κ2) is 6.25. The van der Waals surface area contributed by atoms with Gasteiger partial charge in [0.2, 0.25) is 0 Å². The predicted octanol–water partition coefficient (Wildman–Crippen LogP) is 2.83. The van der Waals surface area contributed by atoms with Crippen molar-refractivity contribution in [3.05, 3.63) is 35.4 Å². The van der Waals surface area contributed by atoms with Crippen molar-refractivity contribution in [3.8, 4) is 0 Å². The summed E-state index contributed by atoms with van der Waals surface area (Å²) in [6.07, 6.45) is 3.06. The number of aliphatic hydroxyl groups is 1. The van der Waals surface area contributed by atoms with Crippen molar-refractivity contribution < 1.29 is 18.6 Å². The molecule has 1 aliphatic rings. The minimum absolute atomic E-state index is 0.0466. The van der Waals surface area contributed by atoms with Crippen molar-refractivity contribution in [1.29, 1.82) is 0 Å². The summed E-state index contributed by atoms with van der Waals surface area (Å²) in [5.41, 5.74) is 0.221. The third kappa shape index (κ3) is 3.75. The van der Waals surface area contributed by atoms with E-state index in [0.717, 1.165) is 44.1 Å². The molecule has 2 nitrogen and oxygen atoms in total. The zero-order chi connectivity index (χ0) is 13.0. The Kier molecular flexibility index (Phi) is 4.66. The smallest absolute Gasteiger partial charge is 0.126 e. The number of rotatable bonds is 4. The van der Waals surface area contributed by atoms with Gasteiger partial charge in [0.25, 0.3) is 0 Å². The van der Waals surface area contributed by atoms with Crippen molar-refractivity contribution >= 4 is 0 Å². The van der Waals surface area contributed by atoms with Crippen molar-refractivity contribution in [1.82, 2.24) is 0 Å². The molecular weight excluding hydrogens is 238 g/mol. The van der Waals surface area contributed by atoms with Crippen LogP contribution in [0.5, 0.6) is 0 Å². The molecule has 2 atom stereocenters. The van der Waals surface area contributed by atoms with Gasteiger partial charge in [0.15, 0.2) is 0 Å². The Morgan fingerprint density at radius 3 is 2.89 bits per heavy atom. The second-order valence-electron chi connectivity index (χ2n) is 4.82. The number of hydrogen-bond acceptors (Lipinski definition) is 2. The molecular formula is C14H18F2O2. The first-order valence-electron chi connectivity index (χ1n) is 6.39. The number of aliphatic hydroxyl groups excluding tert-OH is 1. The molecule has 1 heterocycles. The molecule has 0 aromatic heterocycles. The Hall–Kier alpha value is -1.00. The summed E-state index contributed by atoms with van der Waals surface area (Å²) in [6, 6.07) is 3.31. The van der Waals surface area contributed by atoms with Crippen LogP contribution in [0, 0.1) is 11.6 Å². The van der Waals surface area contributed by atoms with E-state index in [0.29, 0.717) is 6.42 Å². The minimum Gasteiger partial charge on any atom is -0.393 e. The summed E-state index contributed by atoms with van der Waals surface area (Å²) in [7, 11) is 0. The molecule has 1 N–H and O–H groups in total. The summed E-state index contributed by atoms with van der Waals surface area (Å²) in [6.45, 7) is 0.728. The third-order valence-corrected chi connectivity index (χ3v) is 3.27. The number of hydrogen-bond donors (Lipinski definition) is 1. The summed E-state index contributed by atoms with van der Waals surface area (Å²) in [5, 5.41) is 9.90. The lowest BCUT2D eigenvalue weighted by Crippen LogP contribution is -2.26. The Morgan fingerprint density at radius 2 is 2.17 bits per heavy atom. The fourth-order valence-electron chi connectivity index (χ4n) is 2.33. The van der Waals surface area contributed by atoms with Crippen LogP contribution >= 0.6 is 0 Å². The van der Waals surface area contributed by atoms with E-state index in [-0.39, 0.29) is 18.1 Å². The van der Waals surface area contributed by atoms with Crippen molar-refractivity contribution in [2.75, 3.05) is 6.61 Å². The molecule has 18 heavy (non-hydrogen) atoms. The van der Waals surface area contributed by atoms with Gasteiger partial charge in [-0.1, -0.05) is 0 Å². The van der Waals surface area contributed by atoms with Gasteiger partial charge in [0, 0.05) is 13.0 Å².